The van der Waals surface area contributed by atoms with Gasteiger partial charge >= 0.3 is 0 Å². The smallest absolute Gasteiger partial charge is 0.277 e. The third-order valence-corrected chi connectivity index (χ3v) is 5.22. The minimum absolute atomic E-state index is 0.125. The summed E-state index contributed by atoms with van der Waals surface area (Å²) in [5, 5.41) is 8.97. The molecule has 0 spiro atoms. The number of nitrogens with zero attached hydrogens (tertiary/aromatic N) is 3. The van der Waals surface area contributed by atoms with Crippen molar-refractivity contribution in [2.75, 3.05) is 6.61 Å². The van der Waals surface area contributed by atoms with Crippen molar-refractivity contribution in [1.29, 1.82) is 0 Å². The molecule has 0 radical (unpaired) electrons. The van der Waals surface area contributed by atoms with E-state index in [1.165, 1.54) is 6.21 Å². The highest BCUT2D eigenvalue weighted by molar-refractivity contribution is 6.32. The fourth-order valence-corrected chi connectivity index (χ4v) is 3.45. The Morgan fingerprint density at radius 2 is 1.97 bits per heavy atom. The molecule has 1 N–H and O–H groups in total. The van der Waals surface area contributed by atoms with Gasteiger partial charge in [-0.25, -0.2) is 10.1 Å². The lowest BCUT2D eigenvalue weighted by Crippen LogP contribution is -2.25. The van der Waals surface area contributed by atoms with Crippen molar-refractivity contribution in [3.05, 3.63) is 81.6 Å². The molecule has 0 bridgehead atoms. The zero-order valence-electron chi connectivity index (χ0n) is 18.2. The zero-order valence-corrected chi connectivity index (χ0v) is 19.0. The van der Waals surface area contributed by atoms with Crippen LogP contribution in [-0.4, -0.2) is 28.5 Å². The molecule has 0 unspecified atom stereocenters. The Kier molecular flexibility index (Phi) is 7.47. The molecule has 0 aliphatic carbocycles. The van der Waals surface area contributed by atoms with Crippen molar-refractivity contribution in [3.8, 4) is 5.75 Å². The molecular weight excluding hydrogens is 412 g/mol. The Morgan fingerprint density at radius 1 is 1.23 bits per heavy atom. The monoisotopic (exact) mass is 438 g/mol. The normalized spacial score (nSPS) is 11.3. The number of amides is 1. The molecule has 3 aromatic rings. The van der Waals surface area contributed by atoms with Crippen molar-refractivity contribution >= 4 is 23.7 Å². The molecule has 0 fully saturated rings. The van der Waals surface area contributed by atoms with Gasteiger partial charge in [0.25, 0.3) is 5.91 Å². The SMILES string of the molecule is Cc1ccc(C(C)C)c(OCC(=O)NN=Cc2c(C)nn(Cc3ccccc3)c2Cl)c1. The summed E-state index contributed by atoms with van der Waals surface area (Å²) in [6, 6.07) is 15.9. The van der Waals surface area contributed by atoms with E-state index < -0.39 is 0 Å². The Morgan fingerprint density at radius 3 is 2.68 bits per heavy atom. The van der Waals surface area contributed by atoms with E-state index in [2.05, 4.69) is 29.5 Å². The summed E-state index contributed by atoms with van der Waals surface area (Å²) in [5.74, 6) is 0.669. The standard InChI is InChI=1S/C24H27ClN4O2/c1-16(2)20-11-10-17(3)12-22(20)31-15-23(30)27-26-13-21-18(4)28-29(24(21)25)14-19-8-6-5-7-9-19/h5-13,16H,14-15H2,1-4H3,(H,27,30). The average Bonchev–Trinajstić information content (AvgIpc) is 3.00. The summed E-state index contributed by atoms with van der Waals surface area (Å²) in [6.07, 6.45) is 1.51. The van der Waals surface area contributed by atoms with Crippen LogP contribution < -0.4 is 10.2 Å². The van der Waals surface area contributed by atoms with Gasteiger partial charge in [-0.15, -0.1) is 0 Å². The number of halogens is 1. The Hall–Kier alpha value is -3.12. The van der Waals surface area contributed by atoms with Gasteiger partial charge in [0.05, 0.1) is 24.0 Å². The van der Waals surface area contributed by atoms with E-state index in [4.69, 9.17) is 16.3 Å². The van der Waals surface area contributed by atoms with Gasteiger partial charge in [-0.05, 0) is 42.5 Å². The molecule has 1 aromatic heterocycles. The van der Waals surface area contributed by atoms with E-state index in [0.29, 0.717) is 23.2 Å². The van der Waals surface area contributed by atoms with Crippen molar-refractivity contribution in [2.45, 2.75) is 40.2 Å². The van der Waals surface area contributed by atoms with Crippen LogP contribution in [0.4, 0.5) is 0 Å². The fourth-order valence-electron chi connectivity index (χ4n) is 3.16. The summed E-state index contributed by atoms with van der Waals surface area (Å²) in [5.41, 5.74) is 7.13. The number of hydrazone groups is 1. The predicted octanol–water partition coefficient (Wildman–Crippen LogP) is 4.85. The van der Waals surface area contributed by atoms with Crippen molar-refractivity contribution in [1.82, 2.24) is 15.2 Å². The average molecular weight is 439 g/mol. The van der Waals surface area contributed by atoms with Crippen LogP contribution in [0.2, 0.25) is 5.15 Å². The zero-order chi connectivity index (χ0) is 22.4. The molecule has 6 nitrogen and oxygen atoms in total. The number of rotatable bonds is 8. The third-order valence-electron chi connectivity index (χ3n) is 4.82. The first-order valence-corrected chi connectivity index (χ1v) is 10.5. The number of ether oxygens (including phenoxy) is 1. The van der Waals surface area contributed by atoms with E-state index in [-0.39, 0.29) is 12.5 Å². The van der Waals surface area contributed by atoms with Gasteiger partial charge in [-0.2, -0.15) is 10.2 Å². The second kappa shape index (κ2) is 10.3. The molecule has 0 saturated heterocycles. The lowest BCUT2D eigenvalue weighted by Gasteiger charge is -2.14. The van der Waals surface area contributed by atoms with Gasteiger partial charge in [0.1, 0.15) is 10.9 Å². The molecule has 3 rings (SSSR count). The maximum absolute atomic E-state index is 12.2. The molecule has 0 saturated carbocycles. The van der Waals surface area contributed by atoms with Crippen molar-refractivity contribution in [3.63, 3.8) is 0 Å². The molecule has 162 valence electrons. The van der Waals surface area contributed by atoms with Crippen LogP contribution >= 0.6 is 11.6 Å². The van der Waals surface area contributed by atoms with Gasteiger partial charge in [0.15, 0.2) is 6.61 Å². The van der Waals surface area contributed by atoms with E-state index in [0.717, 1.165) is 28.1 Å². The Labute approximate surface area is 187 Å². The van der Waals surface area contributed by atoms with Crippen LogP contribution in [0.25, 0.3) is 0 Å². The first-order valence-electron chi connectivity index (χ1n) is 10.2. The molecule has 1 heterocycles. The van der Waals surface area contributed by atoms with Crippen LogP contribution in [0.3, 0.4) is 0 Å². The van der Waals surface area contributed by atoms with E-state index in [1.54, 1.807) is 4.68 Å². The first-order chi connectivity index (χ1) is 14.8. The lowest BCUT2D eigenvalue weighted by atomic mass is 10.0. The van der Waals surface area contributed by atoms with Gasteiger partial charge in [0.2, 0.25) is 0 Å². The van der Waals surface area contributed by atoms with Gasteiger partial charge in [-0.3, -0.25) is 4.79 Å². The number of benzene rings is 2. The highest BCUT2D eigenvalue weighted by atomic mass is 35.5. The van der Waals surface area contributed by atoms with Crippen molar-refractivity contribution < 1.29 is 9.53 Å². The minimum atomic E-state index is -0.349. The van der Waals surface area contributed by atoms with Gasteiger partial charge in [0, 0.05) is 0 Å². The summed E-state index contributed by atoms with van der Waals surface area (Å²) in [4.78, 5) is 12.2. The highest BCUT2D eigenvalue weighted by Gasteiger charge is 2.13. The van der Waals surface area contributed by atoms with Gasteiger partial charge in [-0.1, -0.05) is 67.9 Å². The number of aromatic nitrogens is 2. The van der Waals surface area contributed by atoms with E-state index in [9.17, 15) is 4.79 Å². The number of carbonyl (C=O) groups excluding carboxylic acids is 1. The molecule has 0 aliphatic rings. The molecule has 31 heavy (non-hydrogen) atoms. The largest absolute Gasteiger partial charge is 0.483 e. The quantitative estimate of drug-likeness (QED) is 0.403. The number of aryl methyl sites for hydroxylation is 2. The third kappa shape index (κ3) is 5.95. The number of hydrogen-bond acceptors (Lipinski definition) is 4. The maximum atomic E-state index is 12.2. The highest BCUT2D eigenvalue weighted by Crippen LogP contribution is 2.27. The van der Waals surface area contributed by atoms with E-state index >= 15 is 0 Å². The predicted molar refractivity (Wildman–Crippen MR) is 124 cm³/mol. The topological polar surface area (TPSA) is 68.5 Å². The van der Waals surface area contributed by atoms with Crippen LogP contribution in [0, 0.1) is 13.8 Å². The lowest BCUT2D eigenvalue weighted by molar-refractivity contribution is -0.123. The molecule has 1 amide bonds. The van der Waals surface area contributed by atoms with Crippen LogP contribution in [0.5, 0.6) is 5.75 Å². The van der Waals surface area contributed by atoms with E-state index in [1.807, 2.05) is 62.4 Å². The number of carbonyl (C=O) groups is 1. The summed E-state index contributed by atoms with van der Waals surface area (Å²) in [7, 11) is 0. The summed E-state index contributed by atoms with van der Waals surface area (Å²) in [6.45, 7) is 8.46. The Bertz CT molecular complexity index is 1070. The molecular formula is C24H27ClN4O2. The number of hydrogen-bond donors (Lipinski definition) is 1. The molecule has 0 aliphatic heterocycles. The summed E-state index contributed by atoms with van der Waals surface area (Å²) >= 11 is 6.47. The first kappa shape index (κ1) is 22.6. The fraction of sp³-hybridized carbons (Fsp3) is 0.292. The molecule has 2 aromatic carbocycles. The molecule has 0 atom stereocenters. The van der Waals surface area contributed by atoms with Crippen molar-refractivity contribution in [2.24, 2.45) is 5.10 Å². The second-order valence-corrected chi connectivity index (χ2v) is 8.07. The van der Waals surface area contributed by atoms with Crippen LogP contribution in [-0.2, 0) is 11.3 Å². The van der Waals surface area contributed by atoms with Crippen LogP contribution in [0.15, 0.2) is 53.6 Å². The van der Waals surface area contributed by atoms with Gasteiger partial charge < -0.3 is 4.74 Å². The molecule has 7 heteroatoms. The minimum Gasteiger partial charge on any atom is -0.483 e. The maximum Gasteiger partial charge on any atom is 0.277 e. The second-order valence-electron chi connectivity index (χ2n) is 7.71. The van der Waals surface area contributed by atoms with Crippen LogP contribution in [0.1, 0.15) is 47.7 Å². The Balaban J connectivity index is 1.60. The number of nitrogens with one attached hydrogen (secondary N) is 1. The summed E-state index contributed by atoms with van der Waals surface area (Å²) < 4.78 is 7.45.